The molecule has 2 aliphatic heterocycles. The Bertz CT molecular complexity index is 774. The van der Waals surface area contributed by atoms with Crippen molar-refractivity contribution in [3.8, 4) is 0 Å². The summed E-state index contributed by atoms with van der Waals surface area (Å²) in [5.41, 5.74) is -1.59. The Morgan fingerprint density at radius 1 is 1.45 bits per heavy atom. The molecule has 0 aromatic carbocycles. The third-order valence-electron chi connectivity index (χ3n) is 5.02. The van der Waals surface area contributed by atoms with Crippen LogP contribution in [-0.4, -0.2) is 79.9 Å². The average molecular weight is 409 g/mol. The molecule has 3 atom stereocenters. The summed E-state index contributed by atoms with van der Waals surface area (Å²) in [6.45, 7) is 7.31. The van der Waals surface area contributed by atoms with Crippen LogP contribution < -0.4 is 5.32 Å². The number of β-lactam (4-membered cyclic amide) rings is 1. The van der Waals surface area contributed by atoms with Crippen LogP contribution in [0.2, 0.25) is 0 Å². The lowest BCUT2D eigenvalue weighted by Crippen LogP contribution is -2.73. The van der Waals surface area contributed by atoms with Gasteiger partial charge in [-0.25, -0.2) is 4.79 Å². The van der Waals surface area contributed by atoms with Crippen molar-refractivity contribution < 1.29 is 28.6 Å². The van der Waals surface area contributed by atoms with Crippen molar-refractivity contribution in [1.29, 1.82) is 0 Å². The van der Waals surface area contributed by atoms with E-state index >= 15 is 0 Å². The van der Waals surface area contributed by atoms with Gasteiger partial charge in [0.2, 0.25) is 18.2 Å². The SMILES string of the molecule is CC(O)C(NC(=O)CN1CC2(CCCN2C(=O)OC(C)(C)C)C1=O)c1nnco1. The van der Waals surface area contributed by atoms with Gasteiger partial charge in [0.15, 0.2) is 0 Å². The third kappa shape index (κ3) is 4.19. The molecule has 1 aromatic rings. The maximum atomic E-state index is 12.9. The number of rotatable bonds is 5. The second kappa shape index (κ2) is 7.62. The lowest BCUT2D eigenvalue weighted by Gasteiger charge is -2.50. The number of nitrogens with one attached hydrogen (secondary N) is 1. The molecule has 3 heterocycles. The number of nitrogens with zero attached hydrogens (tertiary/aromatic N) is 4. The van der Waals surface area contributed by atoms with Gasteiger partial charge >= 0.3 is 6.09 Å². The number of likely N-dealkylation sites (tertiary alicyclic amines) is 2. The number of hydrogen-bond acceptors (Lipinski definition) is 8. The van der Waals surface area contributed by atoms with Gasteiger partial charge in [-0.3, -0.25) is 14.5 Å². The summed E-state index contributed by atoms with van der Waals surface area (Å²) in [4.78, 5) is 40.6. The highest BCUT2D eigenvalue weighted by atomic mass is 16.6. The summed E-state index contributed by atoms with van der Waals surface area (Å²) in [7, 11) is 0. The van der Waals surface area contributed by atoms with Crippen LogP contribution in [-0.2, 0) is 14.3 Å². The lowest BCUT2D eigenvalue weighted by molar-refractivity contribution is -0.162. The lowest BCUT2D eigenvalue weighted by atomic mass is 9.85. The molecule has 3 rings (SSSR count). The van der Waals surface area contributed by atoms with E-state index in [2.05, 4.69) is 15.5 Å². The topological polar surface area (TPSA) is 138 Å². The quantitative estimate of drug-likeness (QED) is 0.659. The van der Waals surface area contributed by atoms with Crippen molar-refractivity contribution >= 4 is 17.9 Å². The molecule has 1 aromatic heterocycles. The van der Waals surface area contributed by atoms with E-state index in [0.29, 0.717) is 19.4 Å². The number of aromatic nitrogens is 2. The van der Waals surface area contributed by atoms with E-state index in [1.165, 1.54) is 16.7 Å². The Morgan fingerprint density at radius 2 is 2.17 bits per heavy atom. The van der Waals surface area contributed by atoms with Crippen LogP contribution in [0.4, 0.5) is 4.79 Å². The predicted octanol–water partition coefficient (Wildman–Crippen LogP) is 0.220. The van der Waals surface area contributed by atoms with Crippen LogP contribution in [0, 0.1) is 0 Å². The molecule has 2 fully saturated rings. The number of aliphatic hydroxyl groups excluding tert-OH is 1. The van der Waals surface area contributed by atoms with E-state index in [4.69, 9.17) is 9.15 Å². The fraction of sp³-hybridized carbons (Fsp3) is 0.722. The molecule has 2 aliphatic rings. The van der Waals surface area contributed by atoms with Gasteiger partial charge < -0.3 is 24.5 Å². The Hall–Kier alpha value is -2.69. The summed E-state index contributed by atoms with van der Waals surface area (Å²) in [5.74, 6) is -0.673. The number of carbonyl (C=O) groups is 3. The molecule has 3 unspecified atom stereocenters. The molecule has 0 radical (unpaired) electrons. The van der Waals surface area contributed by atoms with Gasteiger partial charge in [-0.2, -0.15) is 0 Å². The number of amides is 3. The van der Waals surface area contributed by atoms with E-state index in [0.717, 1.165) is 6.39 Å². The van der Waals surface area contributed by atoms with E-state index in [1.807, 2.05) is 0 Å². The highest BCUT2D eigenvalue weighted by Gasteiger charge is 2.60. The molecule has 0 aliphatic carbocycles. The normalized spacial score (nSPS) is 23.7. The smallest absolute Gasteiger partial charge is 0.411 e. The minimum atomic E-state index is -0.963. The molecule has 29 heavy (non-hydrogen) atoms. The first kappa shape index (κ1) is 21.0. The molecular weight excluding hydrogens is 382 g/mol. The molecule has 11 heteroatoms. The minimum Gasteiger partial charge on any atom is -0.444 e. The van der Waals surface area contributed by atoms with E-state index in [-0.39, 0.29) is 24.9 Å². The van der Waals surface area contributed by atoms with Gasteiger partial charge in [-0.15, -0.1) is 10.2 Å². The van der Waals surface area contributed by atoms with Crippen LogP contribution in [0.1, 0.15) is 52.5 Å². The predicted molar refractivity (Wildman–Crippen MR) is 98.3 cm³/mol. The van der Waals surface area contributed by atoms with Crippen molar-refractivity contribution in [2.75, 3.05) is 19.6 Å². The van der Waals surface area contributed by atoms with Crippen LogP contribution in [0.5, 0.6) is 0 Å². The zero-order valence-corrected chi connectivity index (χ0v) is 17.0. The maximum Gasteiger partial charge on any atom is 0.411 e. The van der Waals surface area contributed by atoms with Gasteiger partial charge in [0, 0.05) is 6.54 Å². The fourth-order valence-electron chi connectivity index (χ4n) is 3.73. The van der Waals surface area contributed by atoms with Gasteiger partial charge in [-0.05, 0) is 40.5 Å². The molecular formula is C18H27N5O6. The number of ether oxygens (including phenoxy) is 1. The second-order valence-corrected chi connectivity index (χ2v) is 8.49. The zero-order valence-electron chi connectivity index (χ0n) is 17.0. The van der Waals surface area contributed by atoms with Crippen LogP contribution in [0.25, 0.3) is 0 Å². The van der Waals surface area contributed by atoms with E-state index in [9.17, 15) is 19.5 Å². The van der Waals surface area contributed by atoms with Crippen molar-refractivity contribution in [2.24, 2.45) is 0 Å². The van der Waals surface area contributed by atoms with Gasteiger partial charge in [-0.1, -0.05) is 0 Å². The van der Waals surface area contributed by atoms with Crippen LogP contribution >= 0.6 is 0 Å². The summed E-state index contributed by atoms with van der Waals surface area (Å²) >= 11 is 0. The average Bonchev–Trinajstić information content (AvgIpc) is 3.28. The molecule has 2 N–H and O–H groups in total. The highest BCUT2D eigenvalue weighted by molar-refractivity contribution is 5.98. The Balaban J connectivity index is 1.60. The molecule has 160 valence electrons. The van der Waals surface area contributed by atoms with Crippen LogP contribution in [0.3, 0.4) is 0 Å². The van der Waals surface area contributed by atoms with Gasteiger partial charge in [0.25, 0.3) is 5.91 Å². The van der Waals surface area contributed by atoms with E-state index in [1.54, 1.807) is 20.8 Å². The maximum absolute atomic E-state index is 12.9. The second-order valence-electron chi connectivity index (χ2n) is 8.49. The van der Waals surface area contributed by atoms with Gasteiger partial charge in [0.1, 0.15) is 17.2 Å². The first-order valence-corrected chi connectivity index (χ1v) is 9.57. The zero-order chi connectivity index (χ0) is 21.4. The highest BCUT2D eigenvalue weighted by Crippen LogP contribution is 2.39. The molecule has 3 amide bonds. The molecule has 0 bridgehead atoms. The Labute approximate surface area is 168 Å². The molecule has 11 nitrogen and oxygen atoms in total. The minimum absolute atomic E-state index is 0.0756. The Kier molecular flexibility index (Phi) is 5.52. The Morgan fingerprint density at radius 3 is 2.72 bits per heavy atom. The first-order valence-electron chi connectivity index (χ1n) is 9.57. The van der Waals surface area contributed by atoms with Crippen molar-refractivity contribution in [3.05, 3.63) is 12.3 Å². The summed E-state index contributed by atoms with van der Waals surface area (Å²) in [6, 6.07) is -0.875. The van der Waals surface area contributed by atoms with Crippen molar-refractivity contribution in [1.82, 2.24) is 25.3 Å². The summed E-state index contributed by atoms with van der Waals surface area (Å²) in [5, 5.41) is 19.7. The standard InChI is InChI=1S/C18H27N5O6/c1-11(24)13(14-21-19-10-28-14)20-12(25)8-22-9-18(15(22)26)6-5-7-23(18)16(27)29-17(2,3)4/h10-11,13,24H,5-9H2,1-4H3,(H,20,25). The van der Waals surface area contributed by atoms with Crippen molar-refractivity contribution in [3.63, 3.8) is 0 Å². The summed E-state index contributed by atoms with van der Waals surface area (Å²) in [6.07, 6.45) is 0.868. The monoisotopic (exact) mass is 409 g/mol. The van der Waals surface area contributed by atoms with Crippen molar-refractivity contribution in [2.45, 2.75) is 63.8 Å². The molecule has 0 saturated carbocycles. The fourth-order valence-corrected chi connectivity index (χ4v) is 3.73. The van der Waals surface area contributed by atoms with Crippen LogP contribution in [0.15, 0.2) is 10.8 Å². The molecule has 2 saturated heterocycles. The number of aliphatic hydroxyl groups is 1. The number of hydrogen-bond donors (Lipinski definition) is 2. The van der Waals surface area contributed by atoms with E-state index < -0.39 is 35.3 Å². The largest absolute Gasteiger partial charge is 0.444 e. The molecule has 1 spiro atoms. The van der Waals surface area contributed by atoms with Gasteiger partial charge in [0.05, 0.1) is 19.2 Å². The number of carbonyl (C=O) groups excluding carboxylic acids is 3. The third-order valence-corrected chi connectivity index (χ3v) is 5.02. The summed E-state index contributed by atoms with van der Waals surface area (Å²) < 4.78 is 10.5. The first-order chi connectivity index (χ1) is 13.5.